The summed E-state index contributed by atoms with van der Waals surface area (Å²) >= 11 is 1.84. The molecule has 2 aliphatic heterocycles. The van der Waals surface area contributed by atoms with Gasteiger partial charge in [-0.05, 0) is 59.8 Å². The first-order chi connectivity index (χ1) is 17.2. The third-order valence-electron chi connectivity index (χ3n) is 6.68. The monoisotopic (exact) mass is 489 g/mol. The molecule has 0 unspecified atom stereocenters. The summed E-state index contributed by atoms with van der Waals surface area (Å²) in [7, 11) is 0. The van der Waals surface area contributed by atoms with Crippen LogP contribution in [0.15, 0.2) is 66.0 Å². The van der Waals surface area contributed by atoms with Gasteiger partial charge in [-0.1, -0.05) is 18.2 Å². The first-order valence-corrected chi connectivity index (χ1v) is 13.1. The summed E-state index contributed by atoms with van der Waals surface area (Å²) in [4.78, 5) is 32.9. The number of nitrogens with one attached hydrogen (secondary N) is 2. The molecule has 3 aromatic rings. The predicted molar refractivity (Wildman–Crippen MR) is 142 cm³/mol. The topological polar surface area (TPSA) is 67.9 Å². The molecule has 182 valence electrons. The van der Waals surface area contributed by atoms with Crippen molar-refractivity contribution < 1.29 is 9.59 Å². The van der Waals surface area contributed by atoms with Gasteiger partial charge in [-0.2, -0.15) is 0 Å². The summed E-state index contributed by atoms with van der Waals surface area (Å²) in [5.74, 6) is 0.0812. The number of carbonyl (C=O) groups is 2. The zero-order chi connectivity index (χ0) is 24.0. The second kappa shape index (κ2) is 10.8. The van der Waals surface area contributed by atoms with Crippen LogP contribution in [0.2, 0.25) is 0 Å². The lowest BCUT2D eigenvalue weighted by Crippen LogP contribution is -2.49. The molecule has 5 rings (SSSR count). The number of hydrogen-bond donors (Lipinski definition) is 2. The Kier molecular flexibility index (Phi) is 7.18. The van der Waals surface area contributed by atoms with Gasteiger partial charge in [0.25, 0.3) is 0 Å². The molecule has 0 spiro atoms. The van der Waals surface area contributed by atoms with Crippen molar-refractivity contribution in [2.45, 2.75) is 19.4 Å². The summed E-state index contributed by atoms with van der Waals surface area (Å²) in [6, 6.07) is 20.1. The number of anilines is 3. The van der Waals surface area contributed by atoms with Crippen molar-refractivity contribution in [3.63, 3.8) is 0 Å². The van der Waals surface area contributed by atoms with Gasteiger partial charge in [-0.25, -0.2) is 4.79 Å². The van der Waals surface area contributed by atoms with E-state index in [-0.39, 0.29) is 11.9 Å². The molecular formula is C27H31N5O2S. The van der Waals surface area contributed by atoms with Gasteiger partial charge >= 0.3 is 6.03 Å². The highest BCUT2D eigenvalue weighted by atomic mass is 32.1. The molecule has 0 aliphatic carbocycles. The number of nitrogens with zero attached hydrogens (tertiary/aromatic N) is 3. The maximum Gasteiger partial charge on any atom is 0.319 e. The van der Waals surface area contributed by atoms with Gasteiger partial charge in [-0.3, -0.25) is 4.79 Å². The molecule has 0 radical (unpaired) electrons. The van der Waals surface area contributed by atoms with Crippen molar-refractivity contribution in [2.24, 2.45) is 0 Å². The normalized spacial score (nSPS) is 15.5. The molecule has 0 bridgehead atoms. The van der Waals surface area contributed by atoms with Crippen molar-refractivity contribution in [3.05, 3.63) is 76.5 Å². The number of piperazine rings is 1. The Labute approximate surface area is 210 Å². The average molecular weight is 490 g/mol. The van der Waals surface area contributed by atoms with Crippen LogP contribution in [0.5, 0.6) is 0 Å². The van der Waals surface area contributed by atoms with E-state index in [2.05, 4.69) is 44.0 Å². The summed E-state index contributed by atoms with van der Waals surface area (Å²) in [5.41, 5.74) is 4.50. The molecule has 1 saturated heterocycles. The van der Waals surface area contributed by atoms with Gasteiger partial charge < -0.3 is 25.3 Å². The first kappa shape index (κ1) is 23.2. The lowest BCUT2D eigenvalue weighted by Gasteiger charge is -2.36. The Bertz CT molecular complexity index is 1140. The third kappa shape index (κ3) is 5.77. The van der Waals surface area contributed by atoms with Crippen LogP contribution in [0.4, 0.5) is 21.9 Å². The number of para-hydroxylation sites is 1. The Balaban J connectivity index is 1.02. The second-order valence-electron chi connectivity index (χ2n) is 8.92. The van der Waals surface area contributed by atoms with Crippen LogP contribution in [0.1, 0.15) is 16.9 Å². The number of hydrogen-bond acceptors (Lipinski definition) is 5. The van der Waals surface area contributed by atoms with Crippen LogP contribution in [-0.2, 0) is 17.8 Å². The van der Waals surface area contributed by atoms with Gasteiger partial charge in [0.1, 0.15) is 0 Å². The molecule has 1 fully saturated rings. The van der Waals surface area contributed by atoms with Crippen LogP contribution < -0.4 is 20.4 Å². The van der Waals surface area contributed by atoms with E-state index < -0.39 is 0 Å². The Hall–Kier alpha value is -3.52. The van der Waals surface area contributed by atoms with Crippen molar-refractivity contribution in [2.75, 3.05) is 54.4 Å². The summed E-state index contributed by atoms with van der Waals surface area (Å²) in [6.07, 6.45) is 1.38. The molecule has 0 saturated carbocycles. The molecule has 8 heteroatoms. The Morgan fingerprint density at radius 3 is 2.34 bits per heavy atom. The fourth-order valence-corrected chi connectivity index (χ4v) is 5.58. The second-order valence-corrected chi connectivity index (χ2v) is 9.92. The average Bonchev–Trinajstić information content (AvgIpc) is 3.38. The maximum atomic E-state index is 12.6. The molecule has 2 N–H and O–H groups in total. The number of urea groups is 1. The fourth-order valence-electron chi connectivity index (χ4n) is 4.69. The fraction of sp³-hybridized carbons (Fsp3) is 0.333. The van der Waals surface area contributed by atoms with Crippen LogP contribution in [0.3, 0.4) is 0 Å². The molecule has 1 aromatic heterocycles. The van der Waals surface area contributed by atoms with E-state index in [0.29, 0.717) is 26.1 Å². The number of benzene rings is 2. The van der Waals surface area contributed by atoms with Crippen LogP contribution in [-0.4, -0.2) is 56.1 Å². The number of amides is 3. The predicted octanol–water partition coefficient (Wildman–Crippen LogP) is 4.17. The van der Waals surface area contributed by atoms with Gasteiger partial charge in [0.2, 0.25) is 5.91 Å². The molecular weight excluding hydrogens is 458 g/mol. The maximum absolute atomic E-state index is 12.6. The summed E-state index contributed by atoms with van der Waals surface area (Å²) < 4.78 is 0. The minimum Gasteiger partial charge on any atom is -0.368 e. The smallest absolute Gasteiger partial charge is 0.319 e. The highest BCUT2D eigenvalue weighted by Gasteiger charge is 2.21. The van der Waals surface area contributed by atoms with Crippen LogP contribution in [0, 0.1) is 0 Å². The molecule has 0 atom stereocenters. The van der Waals surface area contributed by atoms with E-state index in [1.165, 1.54) is 16.1 Å². The standard InChI is InChI=1S/C27H31N5O2S/c33-26(31-17-15-30(16-18-31)23-4-2-1-3-5-23)10-13-28-27(34)29-22-6-8-24(9-7-22)32-14-11-25-21(20-32)12-19-35-25/h1-9,12,19H,10-11,13-18,20H2,(H2,28,29,34). The minimum atomic E-state index is -0.291. The van der Waals surface area contributed by atoms with E-state index in [4.69, 9.17) is 0 Å². The number of thiophene rings is 1. The van der Waals surface area contributed by atoms with E-state index in [1.807, 2.05) is 58.7 Å². The number of carbonyl (C=O) groups excluding carboxylic acids is 2. The van der Waals surface area contributed by atoms with Crippen molar-refractivity contribution >= 4 is 40.3 Å². The minimum absolute atomic E-state index is 0.0812. The first-order valence-electron chi connectivity index (χ1n) is 12.2. The van der Waals surface area contributed by atoms with E-state index in [0.717, 1.165) is 44.0 Å². The van der Waals surface area contributed by atoms with E-state index in [9.17, 15) is 9.59 Å². The van der Waals surface area contributed by atoms with Gasteiger partial charge in [-0.15, -0.1) is 11.3 Å². The number of rotatable bonds is 6. The molecule has 2 aliphatic rings. The molecule has 2 aromatic carbocycles. The molecule has 35 heavy (non-hydrogen) atoms. The van der Waals surface area contributed by atoms with Crippen molar-refractivity contribution in [3.8, 4) is 0 Å². The summed E-state index contributed by atoms with van der Waals surface area (Å²) in [5, 5.41) is 7.83. The molecule has 3 amide bonds. The van der Waals surface area contributed by atoms with Gasteiger partial charge in [0, 0.05) is 74.2 Å². The lowest BCUT2D eigenvalue weighted by molar-refractivity contribution is -0.131. The highest BCUT2D eigenvalue weighted by molar-refractivity contribution is 7.10. The quantitative estimate of drug-likeness (QED) is 0.545. The zero-order valence-electron chi connectivity index (χ0n) is 19.8. The highest BCUT2D eigenvalue weighted by Crippen LogP contribution is 2.28. The number of fused-ring (bicyclic) bond motifs is 1. The SMILES string of the molecule is O=C(NCCC(=O)N1CCN(c2ccccc2)CC1)Nc1ccc(N2CCc3sccc3C2)cc1. The Morgan fingerprint density at radius 2 is 1.57 bits per heavy atom. The molecule has 3 heterocycles. The van der Waals surface area contributed by atoms with Gasteiger partial charge in [0.05, 0.1) is 0 Å². The third-order valence-corrected chi connectivity index (χ3v) is 7.70. The van der Waals surface area contributed by atoms with Crippen LogP contribution in [0.25, 0.3) is 0 Å². The zero-order valence-corrected chi connectivity index (χ0v) is 20.6. The Morgan fingerprint density at radius 1 is 0.829 bits per heavy atom. The summed E-state index contributed by atoms with van der Waals surface area (Å²) in [6.45, 7) is 5.32. The molecule has 7 nitrogen and oxygen atoms in total. The lowest BCUT2D eigenvalue weighted by atomic mass is 10.1. The van der Waals surface area contributed by atoms with Gasteiger partial charge in [0.15, 0.2) is 0 Å². The van der Waals surface area contributed by atoms with E-state index >= 15 is 0 Å². The van der Waals surface area contributed by atoms with E-state index in [1.54, 1.807) is 0 Å². The van der Waals surface area contributed by atoms with Crippen LogP contribution >= 0.6 is 11.3 Å². The largest absolute Gasteiger partial charge is 0.368 e. The van der Waals surface area contributed by atoms with Crippen molar-refractivity contribution in [1.82, 2.24) is 10.2 Å². The van der Waals surface area contributed by atoms with Crippen molar-refractivity contribution in [1.29, 1.82) is 0 Å².